The maximum Gasteiger partial charge on any atom is 0.350 e. The van der Waals surface area contributed by atoms with Crippen LogP contribution in [0.3, 0.4) is 0 Å². The lowest BCUT2D eigenvalue weighted by atomic mass is 9.95. The van der Waals surface area contributed by atoms with Crippen molar-refractivity contribution in [2.75, 3.05) is 11.9 Å². The lowest BCUT2D eigenvalue weighted by Gasteiger charge is -2.28. The van der Waals surface area contributed by atoms with Crippen molar-refractivity contribution in [3.8, 4) is 0 Å². The van der Waals surface area contributed by atoms with Gasteiger partial charge in [-0.3, -0.25) is 14.5 Å². The molecule has 1 atom stereocenters. The zero-order valence-electron chi connectivity index (χ0n) is 15.9. The largest absolute Gasteiger partial charge is 0.361 e. The van der Waals surface area contributed by atoms with Crippen molar-refractivity contribution >= 4 is 40.1 Å². The Kier molecular flexibility index (Phi) is 5.37. The van der Waals surface area contributed by atoms with E-state index in [2.05, 4.69) is 15.3 Å². The minimum atomic E-state index is -0.501. The van der Waals surface area contributed by atoms with E-state index in [1.807, 2.05) is 30.5 Å². The molecule has 7 nitrogen and oxygen atoms in total. The average molecular weight is 390 g/mol. The minimum absolute atomic E-state index is 0.0432. The number of aliphatic imine (C=N–C) groups is 1. The normalized spacial score (nSPS) is 18.1. The molecule has 1 aliphatic heterocycles. The van der Waals surface area contributed by atoms with Gasteiger partial charge in [0.05, 0.1) is 11.6 Å². The fourth-order valence-electron chi connectivity index (χ4n) is 3.57. The quantitative estimate of drug-likeness (QED) is 0.704. The molecule has 1 aromatic carbocycles. The van der Waals surface area contributed by atoms with Gasteiger partial charge in [0.2, 0.25) is 11.8 Å². The summed E-state index contributed by atoms with van der Waals surface area (Å²) in [4.78, 5) is 45.1. The van der Waals surface area contributed by atoms with E-state index >= 15 is 0 Å². The van der Waals surface area contributed by atoms with E-state index in [4.69, 9.17) is 0 Å². The van der Waals surface area contributed by atoms with Crippen molar-refractivity contribution in [3.63, 3.8) is 0 Å². The summed E-state index contributed by atoms with van der Waals surface area (Å²) < 4.78 is 0. The standard InChI is InChI=1S/C22H22N4O3/c27-20(24-16-9-10-18-15(14-16)11-12-23-18)8-2-1-5-13-26-21(28)17-6-3-4-7-19(17)25-22(26)29/h3-4,6-7,9-12,14,17,23H,1-2,5,8,13H2,(H,24,27). The number of nitrogens with zero attached hydrogens (tertiary/aromatic N) is 2. The van der Waals surface area contributed by atoms with Gasteiger partial charge in [-0.1, -0.05) is 24.6 Å². The third kappa shape index (κ3) is 4.18. The zero-order valence-corrected chi connectivity index (χ0v) is 15.9. The van der Waals surface area contributed by atoms with Crippen molar-refractivity contribution in [2.24, 2.45) is 10.9 Å². The van der Waals surface area contributed by atoms with Gasteiger partial charge in [-0.15, -0.1) is 0 Å². The number of aromatic nitrogens is 1. The molecule has 0 spiro atoms. The van der Waals surface area contributed by atoms with Crippen LogP contribution in [0, 0.1) is 5.92 Å². The number of urea groups is 1. The molecule has 1 unspecified atom stereocenters. The van der Waals surface area contributed by atoms with Gasteiger partial charge in [-0.2, -0.15) is 4.99 Å². The van der Waals surface area contributed by atoms with E-state index in [-0.39, 0.29) is 11.8 Å². The van der Waals surface area contributed by atoms with Crippen LogP contribution in [0.1, 0.15) is 25.7 Å². The van der Waals surface area contributed by atoms with E-state index in [1.54, 1.807) is 24.3 Å². The van der Waals surface area contributed by atoms with Crippen molar-refractivity contribution in [1.82, 2.24) is 9.88 Å². The summed E-state index contributed by atoms with van der Waals surface area (Å²) in [5.41, 5.74) is 2.31. The van der Waals surface area contributed by atoms with E-state index in [9.17, 15) is 14.4 Å². The zero-order chi connectivity index (χ0) is 20.2. The number of aromatic amines is 1. The predicted octanol–water partition coefficient (Wildman–Crippen LogP) is 3.81. The van der Waals surface area contributed by atoms with E-state index in [0.717, 1.165) is 23.0 Å². The molecular formula is C22H22N4O3. The Morgan fingerprint density at radius 1 is 1.14 bits per heavy atom. The van der Waals surface area contributed by atoms with Gasteiger partial charge in [0.25, 0.3) is 0 Å². The van der Waals surface area contributed by atoms with Crippen LogP contribution in [0.25, 0.3) is 10.9 Å². The lowest BCUT2D eigenvalue weighted by Crippen LogP contribution is -2.46. The van der Waals surface area contributed by atoms with Crippen molar-refractivity contribution in [2.45, 2.75) is 25.7 Å². The van der Waals surface area contributed by atoms with Crippen molar-refractivity contribution in [3.05, 3.63) is 54.8 Å². The van der Waals surface area contributed by atoms with Gasteiger partial charge in [0.15, 0.2) is 0 Å². The summed E-state index contributed by atoms with van der Waals surface area (Å²) in [6.07, 6.45) is 11.4. The molecule has 2 heterocycles. The molecular weight excluding hydrogens is 368 g/mol. The molecule has 2 N–H and O–H groups in total. The van der Waals surface area contributed by atoms with Gasteiger partial charge in [0.1, 0.15) is 0 Å². The molecule has 1 aromatic heterocycles. The molecule has 0 bridgehead atoms. The van der Waals surface area contributed by atoms with Gasteiger partial charge < -0.3 is 10.3 Å². The number of nitrogens with one attached hydrogen (secondary N) is 2. The molecule has 29 heavy (non-hydrogen) atoms. The van der Waals surface area contributed by atoms with Crippen LogP contribution in [0.4, 0.5) is 10.5 Å². The lowest BCUT2D eigenvalue weighted by molar-refractivity contribution is -0.129. The van der Waals surface area contributed by atoms with Gasteiger partial charge >= 0.3 is 6.03 Å². The number of anilines is 1. The molecule has 4 rings (SSSR count). The molecule has 0 saturated heterocycles. The Morgan fingerprint density at radius 2 is 2.03 bits per heavy atom. The number of hydrogen-bond acceptors (Lipinski definition) is 3. The number of amides is 4. The topological polar surface area (TPSA) is 94.6 Å². The number of fused-ring (bicyclic) bond motifs is 2. The van der Waals surface area contributed by atoms with Crippen LogP contribution in [-0.2, 0) is 9.59 Å². The highest BCUT2D eigenvalue weighted by atomic mass is 16.2. The molecule has 0 fully saturated rings. The number of hydrogen-bond donors (Lipinski definition) is 2. The summed E-state index contributed by atoms with van der Waals surface area (Å²) >= 11 is 0. The predicted molar refractivity (Wildman–Crippen MR) is 112 cm³/mol. The summed E-state index contributed by atoms with van der Waals surface area (Å²) in [6.45, 7) is 0.328. The monoisotopic (exact) mass is 390 g/mol. The van der Waals surface area contributed by atoms with Crippen LogP contribution < -0.4 is 5.32 Å². The second kappa shape index (κ2) is 8.26. The second-order valence-electron chi connectivity index (χ2n) is 7.17. The summed E-state index contributed by atoms with van der Waals surface area (Å²) in [6, 6.07) is 7.19. The summed E-state index contributed by atoms with van der Waals surface area (Å²) in [7, 11) is 0. The number of carbonyl (C=O) groups is 3. The van der Waals surface area contributed by atoms with E-state index < -0.39 is 11.9 Å². The number of carbonyl (C=O) groups excluding carboxylic acids is 3. The van der Waals surface area contributed by atoms with Crippen LogP contribution in [-0.4, -0.2) is 40.0 Å². The Bertz CT molecular complexity index is 1050. The average Bonchev–Trinajstić information content (AvgIpc) is 3.18. The number of rotatable bonds is 7. The summed E-state index contributed by atoms with van der Waals surface area (Å²) in [5, 5.41) is 3.95. The molecule has 2 aromatic rings. The maximum absolute atomic E-state index is 12.5. The van der Waals surface area contributed by atoms with Gasteiger partial charge in [-0.05, 0) is 43.2 Å². The molecule has 148 valence electrons. The van der Waals surface area contributed by atoms with E-state index in [0.29, 0.717) is 31.5 Å². The summed E-state index contributed by atoms with van der Waals surface area (Å²) in [5.74, 6) is -0.724. The SMILES string of the molecule is O=C(CCCCCN1C(=O)N=C2C=CC=CC2C1=O)Nc1ccc2[nH]ccc2c1. The van der Waals surface area contributed by atoms with Crippen LogP contribution >= 0.6 is 0 Å². The fourth-order valence-corrected chi connectivity index (χ4v) is 3.57. The number of H-pyrrole nitrogens is 1. The molecule has 4 amide bonds. The first-order chi connectivity index (χ1) is 14.1. The highest BCUT2D eigenvalue weighted by Gasteiger charge is 2.35. The number of imide groups is 1. The first-order valence-corrected chi connectivity index (χ1v) is 9.77. The number of allylic oxidation sites excluding steroid dienone is 3. The second-order valence-corrected chi connectivity index (χ2v) is 7.17. The fraction of sp³-hybridized carbons (Fsp3) is 0.273. The highest BCUT2D eigenvalue weighted by Crippen LogP contribution is 2.21. The van der Waals surface area contributed by atoms with Crippen molar-refractivity contribution < 1.29 is 14.4 Å². The maximum atomic E-state index is 12.5. The number of benzene rings is 1. The molecule has 7 heteroatoms. The molecule has 1 aliphatic carbocycles. The minimum Gasteiger partial charge on any atom is -0.361 e. The molecule has 0 saturated carbocycles. The smallest absolute Gasteiger partial charge is 0.350 e. The van der Waals surface area contributed by atoms with Crippen LogP contribution in [0.15, 0.2) is 59.8 Å². The third-order valence-electron chi connectivity index (χ3n) is 5.11. The third-order valence-corrected chi connectivity index (χ3v) is 5.11. The highest BCUT2D eigenvalue weighted by molar-refractivity contribution is 6.21. The van der Waals surface area contributed by atoms with Crippen LogP contribution in [0.5, 0.6) is 0 Å². The van der Waals surface area contributed by atoms with Crippen molar-refractivity contribution in [1.29, 1.82) is 0 Å². The van der Waals surface area contributed by atoms with Gasteiger partial charge in [-0.25, -0.2) is 4.79 Å². The van der Waals surface area contributed by atoms with Crippen LogP contribution in [0.2, 0.25) is 0 Å². The first kappa shape index (κ1) is 18.9. The first-order valence-electron chi connectivity index (χ1n) is 9.77. The molecule has 0 radical (unpaired) electrons. The Labute approximate surface area is 168 Å². The Hall–Kier alpha value is -3.48. The number of unbranched alkanes of at least 4 members (excludes halogenated alkanes) is 2. The van der Waals surface area contributed by atoms with E-state index in [1.165, 1.54) is 4.90 Å². The Morgan fingerprint density at radius 3 is 2.93 bits per heavy atom. The van der Waals surface area contributed by atoms with Gasteiger partial charge in [0, 0.05) is 35.8 Å². The molecule has 2 aliphatic rings. The Balaban J connectivity index is 1.20.